The average Bonchev–Trinajstić information content (AvgIpc) is 2.82. The lowest BCUT2D eigenvalue weighted by atomic mass is 10.2. The molecule has 0 aliphatic carbocycles. The van der Waals surface area contributed by atoms with Crippen LogP contribution in [0.3, 0.4) is 0 Å². The molecule has 2 N–H and O–H groups in total. The van der Waals surface area contributed by atoms with Gasteiger partial charge >= 0.3 is 6.03 Å². The minimum absolute atomic E-state index is 0.0964. The first kappa shape index (κ1) is 24.5. The molecular weight excluding hydrogens is 428 g/mol. The van der Waals surface area contributed by atoms with Crippen molar-refractivity contribution in [2.45, 2.75) is 26.8 Å². The first-order chi connectivity index (χ1) is 16.3. The van der Waals surface area contributed by atoms with Crippen molar-refractivity contribution in [3.63, 3.8) is 0 Å². The lowest BCUT2D eigenvalue weighted by Gasteiger charge is -2.30. The Hall–Kier alpha value is -4.13. The number of anilines is 3. The average molecular weight is 459 g/mol. The molecule has 0 saturated heterocycles. The molecule has 176 valence electrons. The summed E-state index contributed by atoms with van der Waals surface area (Å²) in [5, 5.41) is 5.31. The summed E-state index contributed by atoms with van der Waals surface area (Å²) in [6.07, 6.45) is 0. The van der Waals surface area contributed by atoms with Gasteiger partial charge in [-0.15, -0.1) is 0 Å². The smallest absolute Gasteiger partial charge is 0.319 e. The van der Waals surface area contributed by atoms with E-state index in [1.165, 1.54) is 4.90 Å². The molecule has 34 heavy (non-hydrogen) atoms. The van der Waals surface area contributed by atoms with Crippen LogP contribution in [0.25, 0.3) is 0 Å². The molecule has 0 radical (unpaired) electrons. The number of carbonyl (C=O) groups is 3. The summed E-state index contributed by atoms with van der Waals surface area (Å²) in [7, 11) is 0. The Kier molecular flexibility index (Phi) is 8.40. The molecule has 3 aromatic carbocycles. The van der Waals surface area contributed by atoms with Crippen LogP contribution in [0.2, 0.25) is 0 Å². The van der Waals surface area contributed by atoms with Crippen molar-refractivity contribution in [3.05, 3.63) is 90.5 Å². The Morgan fingerprint density at radius 3 is 2.00 bits per heavy atom. The van der Waals surface area contributed by atoms with Crippen molar-refractivity contribution in [2.75, 3.05) is 28.2 Å². The molecule has 0 atom stereocenters. The van der Waals surface area contributed by atoms with Gasteiger partial charge in [0, 0.05) is 23.1 Å². The van der Waals surface area contributed by atoms with Crippen LogP contribution in [0.15, 0.2) is 84.9 Å². The highest BCUT2D eigenvalue weighted by Gasteiger charge is 2.25. The van der Waals surface area contributed by atoms with E-state index in [0.717, 1.165) is 11.3 Å². The van der Waals surface area contributed by atoms with Crippen molar-refractivity contribution in [2.24, 2.45) is 0 Å². The molecule has 7 nitrogen and oxygen atoms in total. The predicted octanol–water partition coefficient (Wildman–Crippen LogP) is 4.59. The molecule has 4 amide bonds. The maximum atomic E-state index is 13.3. The van der Waals surface area contributed by atoms with Gasteiger partial charge in [-0.05, 0) is 62.7 Å². The summed E-state index contributed by atoms with van der Waals surface area (Å²) in [5.74, 6) is -0.613. The first-order valence-electron chi connectivity index (χ1n) is 11.2. The minimum atomic E-state index is -0.494. The lowest BCUT2D eigenvalue weighted by molar-refractivity contribution is -0.122. The third-order valence-corrected chi connectivity index (χ3v) is 5.16. The van der Waals surface area contributed by atoms with Crippen LogP contribution < -0.4 is 20.4 Å². The van der Waals surface area contributed by atoms with Crippen molar-refractivity contribution >= 4 is 34.9 Å². The Bertz CT molecular complexity index is 1120. The topological polar surface area (TPSA) is 81.8 Å². The molecule has 0 bridgehead atoms. The Morgan fingerprint density at radius 1 is 0.794 bits per heavy atom. The van der Waals surface area contributed by atoms with Crippen molar-refractivity contribution in [1.29, 1.82) is 0 Å². The zero-order valence-corrected chi connectivity index (χ0v) is 19.7. The molecule has 0 aliphatic rings. The van der Waals surface area contributed by atoms with Gasteiger partial charge in [0.25, 0.3) is 0 Å². The van der Waals surface area contributed by atoms with Crippen LogP contribution in [0.5, 0.6) is 0 Å². The minimum Gasteiger partial charge on any atom is -0.329 e. The van der Waals surface area contributed by atoms with E-state index in [1.54, 1.807) is 35.2 Å². The number of nitrogens with one attached hydrogen (secondary N) is 2. The summed E-state index contributed by atoms with van der Waals surface area (Å²) in [6.45, 7) is 5.37. The van der Waals surface area contributed by atoms with E-state index in [-0.39, 0.29) is 25.0 Å². The normalized spacial score (nSPS) is 10.5. The fourth-order valence-corrected chi connectivity index (χ4v) is 3.61. The molecule has 0 saturated carbocycles. The highest BCUT2D eigenvalue weighted by atomic mass is 16.2. The van der Waals surface area contributed by atoms with Crippen molar-refractivity contribution < 1.29 is 14.4 Å². The van der Waals surface area contributed by atoms with E-state index < -0.39 is 11.9 Å². The lowest BCUT2D eigenvalue weighted by Crippen LogP contribution is -2.48. The van der Waals surface area contributed by atoms with Gasteiger partial charge in [-0.3, -0.25) is 9.59 Å². The van der Waals surface area contributed by atoms with Crippen LogP contribution in [0.4, 0.5) is 21.9 Å². The largest absolute Gasteiger partial charge is 0.329 e. The van der Waals surface area contributed by atoms with E-state index in [1.807, 2.05) is 75.4 Å². The Morgan fingerprint density at radius 2 is 1.41 bits per heavy atom. The number of aryl methyl sites for hydroxylation is 1. The number of rotatable bonds is 8. The number of para-hydroxylation sites is 2. The number of urea groups is 1. The summed E-state index contributed by atoms with van der Waals surface area (Å²) < 4.78 is 0. The fraction of sp³-hybridized carbons (Fsp3) is 0.222. The van der Waals surface area contributed by atoms with E-state index in [2.05, 4.69) is 10.6 Å². The molecule has 0 spiro atoms. The third kappa shape index (κ3) is 6.68. The van der Waals surface area contributed by atoms with Gasteiger partial charge in [0.2, 0.25) is 11.8 Å². The molecule has 3 rings (SSSR count). The maximum Gasteiger partial charge on any atom is 0.319 e. The number of benzene rings is 3. The quantitative estimate of drug-likeness (QED) is 0.518. The number of hydrogen-bond acceptors (Lipinski definition) is 3. The highest BCUT2D eigenvalue weighted by molar-refractivity contribution is 6.05. The Labute approximate surface area is 200 Å². The summed E-state index contributed by atoms with van der Waals surface area (Å²) in [5.41, 5.74) is 2.99. The standard InChI is InChI=1S/C27H30N4O3/c1-20(2)31(24-15-8-5-9-16-24)26(33)19-30(23-13-6-4-7-14-23)25(32)18-28-27(34)29-22-12-10-11-21(3)17-22/h4-17,20H,18-19H2,1-3H3,(H2,28,29,34). The molecule has 0 unspecified atom stereocenters. The van der Waals surface area contributed by atoms with Gasteiger partial charge in [0.05, 0.1) is 6.54 Å². The number of carbonyl (C=O) groups excluding carboxylic acids is 3. The first-order valence-corrected chi connectivity index (χ1v) is 11.2. The van der Waals surface area contributed by atoms with E-state index >= 15 is 0 Å². The maximum absolute atomic E-state index is 13.3. The van der Waals surface area contributed by atoms with E-state index in [9.17, 15) is 14.4 Å². The summed E-state index contributed by atoms with van der Waals surface area (Å²) in [4.78, 5) is 41.8. The van der Waals surface area contributed by atoms with Gasteiger partial charge in [0.1, 0.15) is 6.54 Å². The van der Waals surface area contributed by atoms with Gasteiger partial charge < -0.3 is 20.4 Å². The second kappa shape index (κ2) is 11.7. The van der Waals surface area contributed by atoms with Crippen LogP contribution in [0.1, 0.15) is 19.4 Å². The van der Waals surface area contributed by atoms with Crippen molar-refractivity contribution in [1.82, 2.24) is 5.32 Å². The van der Waals surface area contributed by atoms with Gasteiger partial charge in [-0.2, -0.15) is 0 Å². The Balaban J connectivity index is 1.72. The van der Waals surface area contributed by atoms with Crippen LogP contribution >= 0.6 is 0 Å². The van der Waals surface area contributed by atoms with E-state index in [0.29, 0.717) is 11.4 Å². The highest BCUT2D eigenvalue weighted by Crippen LogP contribution is 2.19. The van der Waals surface area contributed by atoms with Crippen LogP contribution in [-0.2, 0) is 9.59 Å². The second-order valence-corrected chi connectivity index (χ2v) is 8.19. The van der Waals surface area contributed by atoms with Gasteiger partial charge in [-0.25, -0.2) is 4.79 Å². The molecule has 0 fully saturated rings. The summed E-state index contributed by atoms with van der Waals surface area (Å²) in [6, 6.07) is 25.1. The zero-order chi connectivity index (χ0) is 24.5. The molecule has 7 heteroatoms. The number of amides is 4. The molecule has 0 aliphatic heterocycles. The molecule has 3 aromatic rings. The monoisotopic (exact) mass is 458 g/mol. The zero-order valence-electron chi connectivity index (χ0n) is 19.7. The number of hydrogen-bond donors (Lipinski definition) is 2. The predicted molar refractivity (Wildman–Crippen MR) is 136 cm³/mol. The summed E-state index contributed by atoms with van der Waals surface area (Å²) >= 11 is 0. The second-order valence-electron chi connectivity index (χ2n) is 8.19. The SMILES string of the molecule is Cc1cccc(NC(=O)NCC(=O)N(CC(=O)N(c2ccccc2)C(C)C)c2ccccc2)c1. The van der Waals surface area contributed by atoms with Crippen LogP contribution in [-0.4, -0.2) is 37.0 Å². The molecule has 0 aromatic heterocycles. The third-order valence-electron chi connectivity index (χ3n) is 5.16. The fourth-order valence-electron chi connectivity index (χ4n) is 3.61. The number of nitrogens with zero attached hydrogens (tertiary/aromatic N) is 2. The molecule has 0 heterocycles. The van der Waals surface area contributed by atoms with E-state index in [4.69, 9.17) is 0 Å². The van der Waals surface area contributed by atoms with Gasteiger partial charge in [-0.1, -0.05) is 48.5 Å². The van der Waals surface area contributed by atoms with Crippen molar-refractivity contribution in [3.8, 4) is 0 Å². The molecular formula is C27H30N4O3. The van der Waals surface area contributed by atoms with Gasteiger partial charge in [0.15, 0.2) is 0 Å². The van der Waals surface area contributed by atoms with Crippen LogP contribution in [0, 0.1) is 6.92 Å².